The van der Waals surface area contributed by atoms with Crippen molar-refractivity contribution in [3.63, 3.8) is 0 Å². The number of aliphatic hydroxyl groups is 1. The Labute approximate surface area is 131 Å². The molecule has 21 heavy (non-hydrogen) atoms. The predicted octanol–water partition coefficient (Wildman–Crippen LogP) is 2.66. The first kappa shape index (κ1) is 14.5. The molecule has 3 heterocycles. The minimum absolute atomic E-state index is 0.177. The molecule has 2 N–H and O–H groups in total. The van der Waals surface area contributed by atoms with E-state index in [0.29, 0.717) is 0 Å². The highest BCUT2D eigenvalue weighted by atomic mass is 32.1. The maximum absolute atomic E-state index is 9.52. The van der Waals surface area contributed by atoms with E-state index in [-0.39, 0.29) is 12.5 Å². The van der Waals surface area contributed by atoms with Crippen molar-refractivity contribution in [2.75, 3.05) is 18.5 Å². The summed E-state index contributed by atoms with van der Waals surface area (Å²) in [6, 6.07) is 4.16. The lowest BCUT2D eigenvalue weighted by atomic mass is 10.1. The minimum Gasteiger partial charge on any atom is -0.396 e. The third-order valence-electron chi connectivity index (χ3n) is 3.41. The Kier molecular flexibility index (Phi) is 4.23. The van der Waals surface area contributed by atoms with Crippen molar-refractivity contribution in [2.24, 2.45) is 13.0 Å². The number of thiophene rings is 1. The number of anilines is 1. The van der Waals surface area contributed by atoms with Crippen molar-refractivity contribution in [3.8, 4) is 0 Å². The average molecular weight is 322 g/mol. The summed E-state index contributed by atoms with van der Waals surface area (Å²) in [5, 5.41) is 20.2. The zero-order valence-electron chi connectivity index (χ0n) is 12.0. The van der Waals surface area contributed by atoms with Gasteiger partial charge in [-0.15, -0.1) is 11.3 Å². The van der Waals surface area contributed by atoms with E-state index >= 15 is 0 Å². The third-order valence-corrected chi connectivity index (χ3v) is 5.42. The number of hydrogen-bond donors (Lipinski definition) is 2. The second kappa shape index (κ2) is 6.13. The minimum atomic E-state index is 0.177. The van der Waals surface area contributed by atoms with Crippen LogP contribution in [0.5, 0.6) is 0 Å². The molecule has 7 heteroatoms. The van der Waals surface area contributed by atoms with E-state index in [1.807, 2.05) is 24.7 Å². The number of aryl methyl sites for hydroxylation is 2. The van der Waals surface area contributed by atoms with E-state index in [0.717, 1.165) is 34.1 Å². The standard InChI is InChI=1S/C14H18N4OS2/c1-9-12-13(18(2)17-9)16-14(21-12)15-7-10(8-19)6-11-4-3-5-20-11/h3-5,10,19H,6-8H2,1-2H3,(H,15,16)/t10-/m1/s1. The summed E-state index contributed by atoms with van der Waals surface area (Å²) in [7, 11) is 1.91. The fourth-order valence-corrected chi connectivity index (χ4v) is 4.07. The second-order valence-electron chi connectivity index (χ2n) is 5.09. The van der Waals surface area contributed by atoms with Gasteiger partial charge in [-0.25, -0.2) is 9.67 Å². The van der Waals surface area contributed by atoms with Crippen molar-refractivity contribution in [2.45, 2.75) is 13.3 Å². The predicted molar refractivity (Wildman–Crippen MR) is 88.2 cm³/mol. The zero-order valence-corrected chi connectivity index (χ0v) is 13.7. The Balaban J connectivity index is 1.65. The van der Waals surface area contributed by atoms with Crippen molar-refractivity contribution in [1.82, 2.24) is 14.8 Å². The second-order valence-corrected chi connectivity index (χ2v) is 7.13. The highest BCUT2D eigenvalue weighted by Crippen LogP contribution is 2.28. The van der Waals surface area contributed by atoms with Gasteiger partial charge in [0.15, 0.2) is 10.8 Å². The zero-order chi connectivity index (χ0) is 14.8. The number of aliphatic hydroxyl groups excluding tert-OH is 1. The van der Waals surface area contributed by atoms with Crippen LogP contribution in [-0.2, 0) is 13.5 Å². The maximum atomic E-state index is 9.52. The summed E-state index contributed by atoms with van der Waals surface area (Å²) < 4.78 is 2.93. The average Bonchev–Trinajstić information content (AvgIpc) is 3.16. The van der Waals surface area contributed by atoms with Gasteiger partial charge in [0.05, 0.1) is 10.4 Å². The molecular weight excluding hydrogens is 304 g/mol. The first-order chi connectivity index (χ1) is 10.2. The monoisotopic (exact) mass is 322 g/mol. The van der Waals surface area contributed by atoms with Crippen LogP contribution >= 0.6 is 22.7 Å². The van der Waals surface area contributed by atoms with E-state index in [1.54, 1.807) is 22.7 Å². The molecule has 1 atom stereocenters. The number of aromatic nitrogens is 3. The van der Waals surface area contributed by atoms with E-state index in [2.05, 4.69) is 26.8 Å². The smallest absolute Gasteiger partial charge is 0.185 e. The number of thiazole rings is 1. The summed E-state index contributed by atoms with van der Waals surface area (Å²) in [6.45, 7) is 2.90. The molecule has 112 valence electrons. The van der Waals surface area contributed by atoms with Gasteiger partial charge < -0.3 is 10.4 Å². The molecule has 0 saturated heterocycles. The molecule has 0 saturated carbocycles. The quantitative estimate of drug-likeness (QED) is 0.732. The van der Waals surface area contributed by atoms with Gasteiger partial charge in [-0.2, -0.15) is 5.10 Å². The first-order valence-corrected chi connectivity index (χ1v) is 8.54. The summed E-state index contributed by atoms with van der Waals surface area (Å²) in [6.07, 6.45) is 0.895. The molecule has 0 unspecified atom stereocenters. The molecule has 3 aromatic rings. The van der Waals surface area contributed by atoms with Gasteiger partial charge in [0.2, 0.25) is 0 Å². The topological polar surface area (TPSA) is 63.0 Å². The normalized spacial score (nSPS) is 12.9. The molecule has 0 aliphatic heterocycles. The van der Waals surface area contributed by atoms with Gasteiger partial charge in [0.1, 0.15) is 0 Å². The van der Waals surface area contributed by atoms with Crippen LogP contribution in [0.15, 0.2) is 17.5 Å². The molecule has 0 aliphatic carbocycles. The van der Waals surface area contributed by atoms with Gasteiger partial charge in [0.25, 0.3) is 0 Å². The molecule has 0 radical (unpaired) electrons. The Bertz CT molecular complexity index is 682. The van der Waals surface area contributed by atoms with Crippen LogP contribution in [0.3, 0.4) is 0 Å². The lowest BCUT2D eigenvalue weighted by Gasteiger charge is -2.13. The third kappa shape index (κ3) is 3.09. The van der Waals surface area contributed by atoms with Gasteiger partial charge in [-0.3, -0.25) is 0 Å². The number of hydrogen-bond acceptors (Lipinski definition) is 6. The molecule has 5 nitrogen and oxygen atoms in total. The van der Waals surface area contributed by atoms with Gasteiger partial charge in [0, 0.05) is 31.0 Å². The first-order valence-electron chi connectivity index (χ1n) is 6.84. The molecule has 0 amide bonds. The molecule has 0 fully saturated rings. The Hall–Kier alpha value is -1.44. The Morgan fingerprint density at radius 2 is 2.33 bits per heavy atom. The number of nitrogens with one attached hydrogen (secondary N) is 1. The number of nitrogens with zero attached hydrogens (tertiary/aromatic N) is 3. The van der Waals surface area contributed by atoms with E-state index in [4.69, 9.17) is 0 Å². The van der Waals surface area contributed by atoms with Crippen molar-refractivity contribution < 1.29 is 5.11 Å². The molecule has 3 rings (SSSR count). The fourth-order valence-electron chi connectivity index (χ4n) is 2.31. The van der Waals surface area contributed by atoms with Crippen LogP contribution in [0.4, 0.5) is 5.13 Å². The van der Waals surface area contributed by atoms with Gasteiger partial charge in [-0.05, 0) is 24.8 Å². The number of fused-ring (bicyclic) bond motifs is 1. The highest BCUT2D eigenvalue weighted by Gasteiger charge is 2.14. The van der Waals surface area contributed by atoms with Gasteiger partial charge in [-0.1, -0.05) is 17.4 Å². The summed E-state index contributed by atoms with van der Waals surface area (Å²) in [5.41, 5.74) is 1.93. The Morgan fingerprint density at radius 1 is 1.48 bits per heavy atom. The van der Waals surface area contributed by atoms with Crippen molar-refractivity contribution in [1.29, 1.82) is 0 Å². The molecule has 0 aliphatic rings. The van der Waals surface area contributed by atoms with Crippen LogP contribution < -0.4 is 5.32 Å². The van der Waals surface area contributed by atoms with Crippen LogP contribution in [0.1, 0.15) is 10.6 Å². The largest absolute Gasteiger partial charge is 0.396 e. The SMILES string of the molecule is Cc1nn(C)c2nc(NC[C@H](CO)Cc3cccs3)sc12. The van der Waals surface area contributed by atoms with Crippen LogP contribution in [-0.4, -0.2) is 33.0 Å². The van der Waals surface area contributed by atoms with E-state index in [1.165, 1.54) is 4.88 Å². The molecular formula is C14H18N4OS2. The van der Waals surface area contributed by atoms with Crippen LogP contribution in [0, 0.1) is 12.8 Å². The van der Waals surface area contributed by atoms with Crippen LogP contribution in [0.2, 0.25) is 0 Å². The molecule has 3 aromatic heterocycles. The lowest BCUT2D eigenvalue weighted by molar-refractivity contribution is 0.233. The molecule has 0 spiro atoms. The lowest BCUT2D eigenvalue weighted by Crippen LogP contribution is -2.19. The molecule has 0 aromatic carbocycles. The number of rotatable bonds is 6. The van der Waals surface area contributed by atoms with Crippen LogP contribution in [0.25, 0.3) is 10.3 Å². The maximum Gasteiger partial charge on any atom is 0.185 e. The van der Waals surface area contributed by atoms with E-state index < -0.39 is 0 Å². The summed E-state index contributed by atoms with van der Waals surface area (Å²) in [4.78, 5) is 5.87. The van der Waals surface area contributed by atoms with Crippen molar-refractivity contribution in [3.05, 3.63) is 28.1 Å². The fraction of sp³-hybridized carbons (Fsp3) is 0.429. The summed E-state index contributed by atoms with van der Waals surface area (Å²) in [5.74, 6) is 0.204. The highest BCUT2D eigenvalue weighted by molar-refractivity contribution is 7.22. The van der Waals surface area contributed by atoms with Gasteiger partial charge >= 0.3 is 0 Å². The molecule has 0 bridgehead atoms. The van der Waals surface area contributed by atoms with E-state index in [9.17, 15) is 5.11 Å². The Morgan fingerprint density at radius 3 is 3.00 bits per heavy atom. The van der Waals surface area contributed by atoms with Crippen molar-refractivity contribution >= 4 is 38.2 Å². The summed E-state index contributed by atoms with van der Waals surface area (Å²) >= 11 is 3.35.